The van der Waals surface area contributed by atoms with Gasteiger partial charge in [-0.1, -0.05) is 190 Å². The zero-order valence-corrected chi connectivity index (χ0v) is 82.2. The third-order valence-electron chi connectivity index (χ3n) is 28.3. The second kappa shape index (κ2) is 39.6. The van der Waals surface area contributed by atoms with Crippen molar-refractivity contribution in [2.45, 2.75) is 398 Å². The Balaban J connectivity index is 0.000000282. The normalized spacial score (nSPS) is 26.6. The number of benzene rings is 2. The van der Waals surface area contributed by atoms with Crippen LogP contribution in [0.4, 0.5) is 52.7 Å². The molecule has 10 nitrogen and oxygen atoms in total. The van der Waals surface area contributed by atoms with Crippen LogP contribution in [0.15, 0.2) is 120 Å². The summed E-state index contributed by atoms with van der Waals surface area (Å²) in [5.74, 6) is 0.336. The van der Waals surface area contributed by atoms with Crippen LogP contribution in [-0.2, 0) is 27.1 Å². The van der Waals surface area contributed by atoms with Crippen LogP contribution in [0.1, 0.15) is 251 Å². The van der Waals surface area contributed by atoms with Gasteiger partial charge in [-0.2, -0.15) is 52.7 Å². The van der Waals surface area contributed by atoms with E-state index in [4.69, 9.17) is 17.7 Å². The first-order valence-electron chi connectivity index (χ1n) is 44.2. The van der Waals surface area contributed by atoms with Crippen molar-refractivity contribution < 1.29 is 100 Å². The Labute approximate surface area is 722 Å². The minimum absolute atomic E-state index is 0.000922. The van der Waals surface area contributed by atoms with E-state index in [0.717, 1.165) is 112 Å². The lowest BCUT2D eigenvalue weighted by Crippen LogP contribution is -2.61. The molecule has 0 saturated heterocycles. The molecule has 12 atom stereocenters. The Morgan fingerprint density at radius 3 is 1.32 bits per heavy atom. The molecular weight excluding hydrogens is 1660 g/mol. The predicted molar refractivity (Wildman–Crippen MR) is 477 cm³/mol. The number of Topliss-reactive ketones (excluding diaryl/α,β-unsaturated/α-hetero) is 1. The molecule has 2 aromatic rings. The van der Waals surface area contributed by atoms with Gasteiger partial charge in [-0.3, -0.25) is 4.79 Å². The molecule has 0 bridgehead atoms. The van der Waals surface area contributed by atoms with E-state index in [-0.39, 0.29) is 87.6 Å². The fraction of sp³-hybridized carbons (Fsp3) is 0.755. The first-order chi connectivity index (χ1) is 54.7. The molecule has 0 amide bonds. The molecule has 6 unspecified atom stereocenters. The van der Waals surface area contributed by atoms with Crippen LogP contribution in [0.3, 0.4) is 0 Å². The van der Waals surface area contributed by atoms with E-state index < -0.39 is 111 Å². The highest BCUT2D eigenvalue weighted by atomic mass is 31.2. The van der Waals surface area contributed by atoms with Gasteiger partial charge in [0.25, 0.3) is 11.2 Å². The number of aliphatic hydroxyl groups is 4. The lowest BCUT2D eigenvalue weighted by Gasteiger charge is -2.49. The number of fused-ring (bicyclic) bond motifs is 2. The van der Waals surface area contributed by atoms with Crippen LogP contribution in [0, 0.1) is 45.3 Å². The predicted octanol–water partition coefficient (Wildman–Crippen LogP) is 26.8. The van der Waals surface area contributed by atoms with Crippen LogP contribution in [-0.4, -0.2) is 137 Å². The van der Waals surface area contributed by atoms with E-state index in [1.165, 1.54) is 30.8 Å². The second-order valence-corrected chi connectivity index (χ2v) is 65.1. The van der Waals surface area contributed by atoms with Crippen LogP contribution in [0.5, 0.6) is 0 Å². The smallest absolute Gasteiger partial charge is 0.414 e. The fourth-order valence-electron chi connectivity index (χ4n) is 20.5. The lowest BCUT2D eigenvalue weighted by molar-refractivity contribution is -0.347. The van der Waals surface area contributed by atoms with Crippen LogP contribution < -0.4 is 10.6 Å². The maximum atomic E-state index is 14.6. The van der Waals surface area contributed by atoms with Crippen molar-refractivity contribution in [2.24, 2.45) is 45.3 Å². The van der Waals surface area contributed by atoms with E-state index in [1.807, 2.05) is 94.4 Å². The molecule has 0 spiro atoms. The molecule has 692 valence electrons. The van der Waals surface area contributed by atoms with Gasteiger partial charge in [0.1, 0.15) is 12.9 Å². The van der Waals surface area contributed by atoms with Gasteiger partial charge < -0.3 is 42.7 Å². The summed E-state index contributed by atoms with van der Waals surface area (Å²) in [6, 6.07) is 20.0. The molecular formula is C94H151F12O10PSi4. The molecule has 0 aromatic heterocycles. The highest BCUT2D eigenvalue weighted by Gasteiger charge is 2.72. The number of carbonyl (C=O) groups excluding carboxylic acids is 1. The summed E-state index contributed by atoms with van der Waals surface area (Å²) in [6.07, 6.45) is 0.357. The van der Waals surface area contributed by atoms with Crippen LogP contribution in [0.25, 0.3) is 0 Å². The number of halogens is 12. The molecule has 8 rings (SSSR count). The van der Waals surface area contributed by atoms with Crippen molar-refractivity contribution in [3.8, 4) is 0 Å². The Bertz CT molecular complexity index is 3780. The number of hydrogen-bond donors (Lipinski definition) is 4. The topological polar surface area (TPSA) is 152 Å². The van der Waals surface area contributed by atoms with Gasteiger partial charge in [0.05, 0.1) is 35.6 Å². The molecule has 4 N–H and O–H groups in total. The van der Waals surface area contributed by atoms with Crippen molar-refractivity contribution in [3.63, 3.8) is 0 Å². The Morgan fingerprint density at radius 1 is 0.496 bits per heavy atom. The summed E-state index contributed by atoms with van der Waals surface area (Å²) < 4.78 is 205. The molecule has 6 saturated carbocycles. The molecule has 0 aliphatic heterocycles. The van der Waals surface area contributed by atoms with E-state index in [1.54, 1.807) is 13.8 Å². The maximum absolute atomic E-state index is 14.6. The number of carbonyl (C=O) groups is 1. The largest absolute Gasteiger partial charge is 0.429 e. The summed E-state index contributed by atoms with van der Waals surface area (Å²) in [5, 5.41) is 42.2. The summed E-state index contributed by atoms with van der Waals surface area (Å²) in [4.78, 5) is 12.8. The minimum atomic E-state index is -5.91. The number of hydrogen-bond acceptors (Lipinski definition) is 10. The third kappa shape index (κ3) is 27.7. The summed E-state index contributed by atoms with van der Waals surface area (Å²) in [5.41, 5.74) is -8.88. The standard InChI is InChI=1S/C32H48F6O4.C32H51O3PSi2.C30H52F6O3Si2/c1-27(2,41)13-6-14-28(3,15-7-17-30(42,31(33,34)35)32(36,37)38)26-12-11-25-22(8-5-16-29(25,26)4)10-9-21-18-23(39)20-24(40)19-21;1-31(2,3)37(7,8)34-27-23-26(24-28(25-27)35-38(9,10)32(4,5)6)21-22-36(33,29-17-13-11-14-18-29)30-19-15-12-16-20-30;1-25(2,38-40(5,6)7)17-12-18-26(3,24-16-15-22-23(37)14-11-20-27(22,24)4)19-13-21-28(29(31,32)33,30(34,35)36)39-41(8,9)10/h7,9-10,17,23-26,39-42H,5-6,8,11-16,18-20H2,1-4H3;11-21,27-28H,22-25H2,1-10H3;13,21-22,24H,11-12,14-20H2,1-10H3/b17-7+,22-10+;;21-13+/t23-,24-,25?,26?,28?,29+;27-,28-;22?,24?,26?,27-/m110/s1. The Kier molecular flexibility index (Phi) is 34.9. The molecule has 6 aliphatic rings. The summed E-state index contributed by atoms with van der Waals surface area (Å²) in [6.45, 7) is 49.1. The van der Waals surface area contributed by atoms with Gasteiger partial charge in [-0.25, -0.2) is 0 Å². The van der Waals surface area contributed by atoms with Gasteiger partial charge in [0.2, 0.25) is 0 Å². The maximum Gasteiger partial charge on any atom is 0.429 e. The van der Waals surface area contributed by atoms with Crippen LogP contribution >= 0.6 is 7.14 Å². The molecule has 0 heterocycles. The second-order valence-electron chi connectivity index (χ2n) is 43.9. The van der Waals surface area contributed by atoms with E-state index in [2.05, 4.69) is 113 Å². The van der Waals surface area contributed by atoms with Crippen molar-refractivity contribution >= 4 is 56.8 Å². The molecule has 27 heteroatoms. The van der Waals surface area contributed by atoms with Gasteiger partial charge in [-0.05, 0) is 290 Å². The average Bonchev–Trinajstić information content (AvgIpc) is 1.74. The quantitative estimate of drug-likeness (QED) is 0.0268. The molecule has 121 heavy (non-hydrogen) atoms. The van der Waals surface area contributed by atoms with Gasteiger partial charge in [0.15, 0.2) is 33.3 Å². The zero-order valence-electron chi connectivity index (χ0n) is 77.3. The number of aliphatic hydroxyl groups excluding tert-OH is 2. The lowest BCUT2D eigenvalue weighted by atomic mass is 9.55. The van der Waals surface area contributed by atoms with Crippen LogP contribution in [0.2, 0.25) is 75.5 Å². The average molecular weight is 1810 g/mol. The van der Waals surface area contributed by atoms with Crippen molar-refractivity contribution in [1.29, 1.82) is 0 Å². The first-order valence-corrected chi connectivity index (χ1v) is 58.8. The SMILES string of the molecule is CC(C)(C)[Si](C)(C)O[C@@H]1CC(=CCP(=O)(c2ccccc2)c2ccccc2)C[C@@H](O[Si](C)(C)C(C)(C)C)C1.CC(C)(CCCC(C)(C/C=C/C(O[Si](C)(C)C)(C(F)(F)F)C(F)(F)F)C1CCC2C(=O)CCC[C@@]21C)O[Si](C)(C)C.CC(C)(O)CCCC(C)(C/C=C/C(O)(C(F)(F)F)C(F)(F)F)C1CCC2/C(=C/C=C3C[C@@H](O)C[C@H](O)C3)CCC[C@@]21C. The van der Waals surface area contributed by atoms with Crippen molar-refractivity contribution in [1.82, 2.24) is 0 Å². The Morgan fingerprint density at radius 2 is 0.909 bits per heavy atom. The third-order valence-corrected chi connectivity index (χ3v) is 42.4. The van der Waals surface area contributed by atoms with Crippen molar-refractivity contribution in [3.05, 3.63) is 120 Å². The van der Waals surface area contributed by atoms with Crippen molar-refractivity contribution in [2.75, 3.05) is 6.16 Å². The highest BCUT2D eigenvalue weighted by molar-refractivity contribution is 7.78. The number of rotatable bonds is 29. The number of ketones is 1. The number of alkyl halides is 12. The Hall–Kier alpha value is -3.25. The summed E-state index contributed by atoms with van der Waals surface area (Å²) >= 11 is 0. The summed E-state index contributed by atoms with van der Waals surface area (Å²) in [7, 11) is -11.8. The van der Waals surface area contributed by atoms with E-state index in [9.17, 15) is 82.5 Å². The minimum Gasteiger partial charge on any atom is -0.414 e. The molecule has 0 radical (unpaired) electrons. The van der Waals surface area contributed by atoms with E-state index in [0.29, 0.717) is 63.9 Å². The highest BCUT2D eigenvalue weighted by Crippen LogP contribution is 2.66. The zero-order chi connectivity index (χ0) is 92.1. The molecule has 6 fully saturated rings. The van der Waals surface area contributed by atoms with Gasteiger partial charge >= 0.3 is 24.7 Å². The molecule has 6 aliphatic carbocycles. The fourth-order valence-corrected chi connectivity index (χ4v) is 28.8. The monoisotopic (exact) mass is 1810 g/mol. The van der Waals surface area contributed by atoms with E-state index >= 15 is 0 Å². The van der Waals surface area contributed by atoms with Gasteiger partial charge in [0, 0.05) is 29.1 Å². The van der Waals surface area contributed by atoms with Gasteiger partial charge in [-0.15, -0.1) is 0 Å². The number of allylic oxidation sites excluding steroid dienone is 6. The molecule has 2 aromatic carbocycles. The first kappa shape index (κ1) is 107.